The zero-order chi connectivity index (χ0) is 22.0. The first-order valence-corrected chi connectivity index (χ1v) is 10.5. The summed E-state index contributed by atoms with van der Waals surface area (Å²) in [6.45, 7) is 0. The van der Waals surface area contributed by atoms with Crippen molar-refractivity contribution in [2.24, 2.45) is 0 Å². The van der Waals surface area contributed by atoms with Gasteiger partial charge in [0.05, 0.1) is 42.8 Å². The van der Waals surface area contributed by atoms with Crippen LogP contribution in [0.4, 0.5) is 0 Å². The molecule has 0 saturated heterocycles. The van der Waals surface area contributed by atoms with Gasteiger partial charge in [-0.1, -0.05) is 35.5 Å². The van der Waals surface area contributed by atoms with Crippen molar-refractivity contribution in [3.63, 3.8) is 0 Å². The van der Waals surface area contributed by atoms with E-state index in [1.54, 1.807) is 36.4 Å². The molecule has 0 unspecified atom stereocenters. The quantitative estimate of drug-likeness (QED) is 0.236. The third-order valence-corrected chi connectivity index (χ3v) is 5.78. The van der Waals surface area contributed by atoms with E-state index >= 15 is 0 Å². The second-order valence-electron chi connectivity index (χ2n) is 6.41. The maximum atomic E-state index is 13.4. The van der Waals surface area contributed by atoms with Gasteiger partial charge >= 0.3 is 5.97 Å². The minimum absolute atomic E-state index is 0.255. The van der Waals surface area contributed by atoms with E-state index in [4.69, 9.17) is 25.5 Å². The molecule has 0 atom stereocenters. The first kappa shape index (κ1) is 21.0. The van der Waals surface area contributed by atoms with Crippen LogP contribution >= 0.6 is 23.4 Å². The predicted octanol–water partition coefficient (Wildman–Crippen LogP) is 4.72. The maximum absolute atomic E-state index is 13.4. The fourth-order valence-electron chi connectivity index (χ4n) is 3.14. The maximum Gasteiger partial charge on any atom is 0.341 e. The van der Waals surface area contributed by atoms with Crippen molar-refractivity contribution < 1.29 is 18.7 Å². The summed E-state index contributed by atoms with van der Waals surface area (Å²) in [4.78, 5) is 30.0. The number of carbonyl (C=O) groups excluding carboxylic acids is 1. The van der Waals surface area contributed by atoms with Crippen molar-refractivity contribution in [2.75, 3.05) is 14.2 Å². The molecule has 0 N–H and O–H groups in total. The molecule has 0 fully saturated rings. The van der Waals surface area contributed by atoms with Gasteiger partial charge < -0.3 is 13.9 Å². The number of benzene rings is 2. The smallest absolute Gasteiger partial charge is 0.341 e. The van der Waals surface area contributed by atoms with Crippen molar-refractivity contribution in [1.29, 1.82) is 0 Å². The van der Waals surface area contributed by atoms with E-state index in [-0.39, 0.29) is 11.3 Å². The van der Waals surface area contributed by atoms with Crippen LogP contribution in [-0.4, -0.2) is 29.7 Å². The summed E-state index contributed by atoms with van der Waals surface area (Å²) >= 11 is 7.36. The van der Waals surface area contributed by atoms with Crippen LogP contribution in [-0.2, 0) is 10.5 Å². The Hall–Kier alpha value is -3.23. The zero-order valence-electron chi connectivity index (χ0n) is 16.6. The molecule has 4 aromatic rings. The SMILES string of the molecule is COC(=O)c1ccoc1CSc1nc2cc(Cl)ccc2c(=O)n1-c1ccccc1OC. The number of rotatable bonds is 6. The molecule has 0 aliphatic heterocycles. The monoisotopic (exact) mass is 456 g/mol. The molecule has 2 aromatic heterocycles. The Balaban J connectivity index is 1.86. The van der Waals surface area contributed by atoms with Crippen LogP contribution in [0.2, 0.25) is 5.02 Å². The number of furan rings is 1. The minimum Gasteiger partial charge on any atom is -0.495 e. The van der Waals surface area contributed by atoms with Crippen molar-refractivity contribution >= 4 is 40.2 Å². The second kappa shape index (κ2) is 8.87. The van der Waals surface area contributed by atoms with Crippen LogP contribution in [0.3, 0.4) is 0 Å². The number of thioether (sulfide) groups is 1. The summed E-state index contributed by atoms with van der Waals surface area (Å²) in [6, 6.07) is 13.7. The van der Waals surface area contributed by atoms with E-state index in [2.05, 4.69) is 4.98 Å². The van der Waals surface area contributed by atoms with Crippen LogP contribution in [0.1, 0.15) is 16.1 Å². The van der Waals surface area contributed by atoms with Crippen LogP contribution in [0.5, 0.6) is 5.75 Å². The van der Waals surface area contributed by atoms with Gasteiger partial charge in [0, 0.05) is 5.02 Å². The number of halogens is 1. The number of esters is 1. The largest absolute Gasteiger partial charge is 0.495 e. The summed E-state index contributed by atoms with van der Waals surface area (Å²) in [7, 11) is 2.84. The fraction of sp³-hybridized carbons (Fsp3) is 0.136. The molecule has 0 amide bonds. The van der Waals surface area contributed by atoms with Gasteiger partial charge in [-0.05, 0) is 36.4 Å². The fourth-order valence-corrected chi connectivity index (χ4v) is 4.26. The van der Waals surface area contributed by atoms with Crippen LogP contribution < -0.4 is 10.3 Å². The highest BCUT2D eigenvalue weighted by molar-refractivity contribution is 7.98. The van der Waals surface area contributed by atoms with Gasteiger partial charge in [-0.15, -0.1) is 0 Å². The molecule has 0 spiro atoms. The van der Waals surface area contributed by atoms with Crippen LogP contribution in [0.15, 0.2) is 69.2 Å². The van der Waals surface area contributed by atoms with Crippen molar-refractivity contribution in [3.8, 4) is 11.4 Å². The van der Waals surface area contributed by atoms with E-state index in [1.807, 2.05) is 12.1 Å². The molecule has 158 valence electrons. The molecule has 0 aliphatic rings. The Morgan fingerprint density at radius 3 is 2.77 bits per heavy atom. The summed E-state index contributed by atoms with van der Waals surface area (Å²) < 4.78 is 17.2. The Morgan fingerprint density at radius 2 is 2.00 bits per heavy atom. The van der Waals surface area contributed by atoms with Crippen molar-refractivity contribution in [2.45, 2.75) is 10.9 Å². The Kier molecular flexibility index (Phi) is 6.01. The van der Waals surface area contributed by atoms with E-state index in [9.17, 15) is 9.59 Å². The normalized spacial score (nSPS) is 10.9. The van der Waals surface area contributed by atoms with Crippen LogP contribution in [0.25, 0.3) is 16.6 Å². The highest BCUT2D eigenvalue weighted by atomic mass is 35.5. The molecular formula is C22H17ClN2O5S. The first-order chi connectivity index (χ1) is 15.0. The van der Waals surface area contributed by atoms with Crippen molar-refractivity contribution in [3.05, 3.63) is 81.5 Å². The van der Waals surface area contributed by atoms with Gasteiger partial charge in [0.2, 0.25) is 0 Å². The summed E-state index contributed by atoms with van der Waals surface area (Å²) in [5, 5.41) is 1.30. The lowest BCUT2D eigenvalue weighted by atomic mass is 10.2. The van der Waals surface area contributed by atoms with Gasteiger partial charge in [0.25, 0.3) is 5.56 Å². The lowest BCUT2D eigenvalue weighted by molar-refractivity contribution is 0.0598. The predicted molar refractivity (Wildman–Crippen MR) is 119 cm³/mol. The molecule has 0 bridgehead atoms. The number of aromatic nitrogens is 2. The molecule has 2 heterocycles. The van der Waals surface area contributed by atoms with Crippen LogP contribution in [0, 0.1) is 0 Å². The second-order valence-corrected chi connectivity index (χ2v) is 7.78. The molecule has 0 aliphatic carbocycles. The summed E-state index contributed by atoms with van der Waals surface area (Å²) in [6.07, 6.45) is 1.42. The molecule has 2 aromatic carbocycles. The van der Waals surface area contributed by atoms with E-state index in [0.29, 0.717) is 43.8 Å². The van der Waals surface area contributed by atoms with E-state index < -0.39 is 5.97 Å². The first-order valence-electron chi connectivity index (χ1n) is 9.16. The number of methoxy groups -OCH3 is 2. The molecule has 4 rings (SSSR count). The lowest BCUT2D eigenvalue weighted by Gasteiger charge is -2.15. The number of hydrogen-bond acceptors (Lipinski definition) is 7. The number of ether oxygens (including phenoxy) is 2. The number of nitrogens with zero attached hydrogens (tertiary/aromatic N) is 2. The number of hydrogen-bond donors (Lipinski definition) is 0. The summed E-state index contributed by atoms with van der Waals surface area (Å²) in [5.74, 6) is 0.703. The third-order valence-electron chi connectivity index (χ3n) is 4.61. The molecule has 0 radical (unpaired) electrons. The average molecular weight is 457 g/mol. The molecule has 7 nitrogen and oxygen atoms in total. The van der Waals surface area contributed by atoms with Gasteiger partial charge in [-0.25, -0.2) is 9.78 Å². The van der Waals surface area contributed by atoms with Gasteiger partial charge in [0.1, 0.15) is 17.1 Å². The van der Waals surface area contributed by atoms with Gasteiger partial charge in [-0.3, -0.25) is 9.36 Å². The lowest BCUT2D eigenvalue weighted by Crippen LogP contribution is -2.22. The minimum atomic E-state index is -0.496. The molecule has 31 heavy (non-hydrogen) atoms. The topological polar surface area (TPSA) is 83.6 Å². The molecule has 9 heteroatoms. The molecular weight excluding hydrogens is 440 g/mol. The number of para-hydroxylation sites is 2. The Morgan fingerprint density at radius 1 is 1.19 bits per heavy atom. The van der Waals surface area contributed by atoms with E-state index in [1.165, 1.54) is 36.8 Å². The van der Waals surface area contributed by atoms with Gasteiger partial charge in [-0.2, -0.15) is 0 Å². The number of fused-ring (bicyclic) bond motifs is 1. The summed E-state index contributed by atoms with van der Waals surface area (Å²) in [5.41, 5.74) is 1.08. The highest BCUT2D eigenvalue weighted by Gasteiger charge is 2.20. The van der Waals surface area contributed by atoms with Gasteiger partial charge in [0.15, 0.2) is 5.16 Å². The average Bonchev–Trinajstić information content (AvgIpc) is 3.25. The molecule has 0 saturated carbocycles. The zero-order valence-corrected chi connectivity index (χ0v) is 18.2. The van der Waals surface area contributed by atoms with Crippen molar-refractivity contribution in [1.82, 2.24) is 9.55 Å². The standard InChI is InChI=1S/C22H17ClN2O5S/c1-28-18-6-4-3-5-17(18)25-20(26)14-8-7-13(23)11-16(14)24-22(25)31-12-19-15(9-10-30-19)21(27)29-2/h3-11H,12H2,1-2H3. The van der Waals surface area contributed by atoms with E-state index in [0.717, 1.165) is 0 Å². The Labute approximate surface area is 186 Å². The number of carbonyl (C=O) groups is 1. The third kappa shape index (κ3) is 4.04. The Bertz CT molecular complexity index is 1330. The highest BCUT2D eigenvalue weighted by Crippen LogP contribution is 2.30.